The Morgan fingerprint density at radius 1 is 1.14 bits per heavy atom. The number of aromatic nitrogens is 1. The number of nitriles is 1. The van der Waals surface area contributed by atoms with Crippen LogP contribution in [0, 0.1) is 11.3 Å². The van der Waals surface area contributed by atoms with Crippen LogP contribution in [-0.4, -0.2) is 17.4 Å². The molecule has 1 heterocycles. The lowest BCUT2D eigenvalue weighted by atomic mass is 9.92. The van der Waals surface area contributed by atoms with E-state index in [2.05, 4.69) is 9.72 Å². The van der Waals surface area contributed by atoms with Crippen molar-refractivity contribution in [3.05, 3.63) is 59.9 Å². The van der Waals surface area contributed by atoms with E-state index in [0.717, 1.165) is 0 Å². The number of alkyl halides is 2. The van der Waals surface area contributed by atoms with E-state index in [-0.39, 0.29) is 11.3 Å². The number of pyridine rings is 1. The van der Waals surface area contributed by atoms with Crippen LogP contribution in [0.2, 0.25) is 0 Å². The van der Waals surface area contributed by atoms with Crippen molar-refractivity contribution in [1.82, 2.24) is 4.98 Å². The molecule has 0 saturated carbocycles. The number of carbonyl (C=O) groups excluding carboxylic acids is 1. The molecule has 0 fully saturated rings. The number of ketones is 1. The number of Topliss-reactive ketones (excluding diaryl/α,β-unsaturated/α-hetero) is 1. The highest BCUT2D eigenvalue weighted by Gasteiger charge is 2.21. The van der Waals surface area contributed by atoms with Gasteiger partial charge < -0.3 is 4.74 Å². The van der Waals surface area contributed by atoms with E-state index in [1.165, 1.54) is 36.7 Å². The molecule has 0 radical (unpaired) electrons. The van der Waals surface area contributed by atoms with Gasteiger partial charge in [0, 0.05) is 18.0 Å². The average molecular weight is 288 g/mol. The molecule has 1 aromatic heterocycles. The fraction of sp³-hybridized carbons (Fsp3) is 0.133. The summed E-state index contributed by atoms with van der Waals surface area (Å²) >= 11 is 0. The van der Waals surface area contributed by atoms with Gasteiger partial charge in [-0.1, -0.05) is 0 Å². The van der Waals surface area contributed by atoms with Crippen LogP contribution in [-0.2, 0) is 0 Å². The van der Waals surface area contributed by atoms with Gasteiger partial charge in [0.25, 0.3) is 0 Å². The molecule has 0 amide bonds. The lowest BCUT2D eigenvalue weighted by Crippen LogP contribution is -2.11. The van der Waals surface area contributed by atoms with E-state index in [4.69, 9.17) is 5.26 Å². The molecule has 0 aliphatic heterocycles. The molecule has 0 N–H and O–H groups in total. The summed E-state index contributed by atoms with van der Waals surface area (Å²) in [6, 6.07) is 10.3. The Bertz CT molecular complexity index is 652. The second-order valence-corrected chi connectivity index (χ2v) is 4.11. The van der Waals surface area contributed by atoms with Crippen LogP contribution in [0.5, 0.6) is 5.75 Å². The Balaban J connectivity index is 2.21. The largest absolute Gasteiger partial charge is 0.435 e. The third-order valence-corrected chi connectivity index (χ3v) is 2.79. The number of nitrogens with zero attached hydrogens (tertiary/aromatic N) is 2. The number of hydrogen-bond donors (Lipinski definition) is 0. The summed E-state index contributed by atoms with van der Waals surface area (Å²) in [5.74, 6) is -1.42. The van der Waals surface area contributed by atoms with Crippen molar-refractivity contribution < 1.29 is 18.3 Å². The van der Waals surface area contributed by atoms with Crippen LogP contribution < -0.4 is 4.74 Å². The molecule has 0 aliphatic carbocycles. The van der Waals surface area contributed by atoms with E-state index in [1.807, 2.05) is 6.07 Å². The minimum Gasteiger partial charge on any atom is -0.435 e. The molecule has 0 spiro atoms. The molecule has 0 saturated heterocycles. The molecule has 21 heavy (non-hydrogen) atoms. The number of carbonyl (C=O) groups is 1. The van der Waals surface area contributed by atoms with E-state index in [0.29, 0.717) is 5.56 Å². The molecule has 4 nitrogen and oxygen atoms in total. The van der Waals surface area contributed by atoms with Crippen molar-refractivity contribution in [3.63, 3.8) is 0 Å². The van der Waals surface area contributed by atoms with Crippen LogP contribution in [0.15, 0.2) is 48.8 Å². The Hall–Kier alpha value is -2.81. The van der Waals surface area contributed by atoms with Crippen molar-refractivity contribution in [2.45, 2.75) is 12.5 Å². The molecular weight excluding hydrogens is 278 g/mol. The molecule has 0 bridgehead atoms. The van der Waals surface area contributed by atoms with E-state index in [9.17, 15) is 13.6 Å². The molecule has 2 aromatic rings. The Labute approximate surface area is 119 Å². The number of ether oxygens (including phenoxy) is 1. The maximum absolute atomic E-state index is 12.3. The van der Waals surface area contributed by atoms with E-state index in [1.54, 1.807) is 12.1 Å². The molecule has 2 rings (SSSR count). The smallest absolute Gasteiger partial charge is 0.387 e. The Kier molecular flexibility index (Phi) is 4.57. The summed E-state index contributed by atoms with van der Waals surface area (Å²) in [5.41, 5.74) is 0.783. The van der Waals surface area contributed by atoms with Crippen molar-refractivity contribution in [1.29, 1.82) is 5.26 Å². The van der Waals surface area contributed by atoms with Gasteiger partial charge in [0.15, 0.2) is 5.78 Å². The van der Waals surface area contributed by atoms with Gasteiger partial charge in [-0.3, -0.25) is 9.78 Å². The average Bonchev–Trinajstić information content (AvgIpc) is 2.49. The number of benzene rings is 1. The van der Waals surface area contributed by atoms with Crippen LogP contribution >= 0.6 is 0 Å². The van der Waals surface area contributed by atoms with Gasteiger partial charge in [-0.05, 0) is 42.0 Å². The third-order valence-electron chi connectivity index (χ3n) is 2.79. The quantitative estimate of drug-likeness (QED) is 0.793. The maximum atomic E-state index is 12.3. The SMILES string of the molecule is N#CC(C(=O)c1ccc(OC(F)F)cc1)c1ccncc1. The normalized spacial score (nSPS) is 11.7. The van der Waals surface area contributed by atoms with Crippen molar-refractivity contribution >= 4 is 5.78 Å². The minimum atomic E-state index is -2.92. The first kappa shape index (κ1) is 14.6. The monoisotopic (exact) mass is 288 g/mol. The van der Waals surface area contributed by atoms with Gasteiger partial charge in [0.05, 0.1) is 6.07 Å². The summed E-state index contributed by atoms with van der Waals surface area (Å²) in [6.07, 6.45) is 2.99. The molecule has 106 valence electrons. The van der Waals surface area contributed by atoms with E-state index < -0.39 is 18.3 Å². The zero-order valence-electron chi connectivity index (χ0n) is 10.7. The number of halogens is 2. The van der Waals surface area contributed by atoms with Crippen LogP contribution in [0.1, 0.15) is 21.8 Å². The minimum absolute atomic E-state index is 0.0426. The summed E-state index contributed by atoms with van der Waals surface area (Å²) in [7, 11) is 0. The van der Waals surface area contributed by atoms with E-state index >= 15 is 0 Å². The molecule has 1 atom stereocenters. The van der Waals surface area contributed by atoms with Gasteiger partial charge in [0.1, 0.15) is 11.7 Å². The summed E-state index contributed by atoms with van der Waals surface area (Å²) in [5, 5.41) is 9.17. The van der Waals surface area contributed by atoms with Crippen molar-refractivity contribution in [2.24, 2.45) is 0 Å². The van der Waals surface area contributed by atoms with Gasteiger partial charge in [0.2, 0.25) is 0 Å². The van der Waals surface area contributed by atoms with Crippen LogP contribution in [0.4, 0.5) is 8.78 Å². The highest BCUT2D eigenvalue weighted by Crippen LogP contribution is 2.22. The lowest BCUT2D eigenvalue weighted by molar-refractivity contribution is -0.0498. The molecule has 1 aromatic carbocycles. The zero-order valence-corrected chi connectivity index (χ0v) is 10.7. The van der Waals surface area contributed by atoms with Gasteiger partial charge in [-0.15, -0.1) is 0 Å². The molecule has 0 aliphatic rings. The molecule has 1 unspecified atom stereocenters. The van der Waals surface area contributed by atoms with Crippen molar-refractivity contribution in [3.8, 4) is 11.8 Å². The zero-order chi connectivity index (χ0) is 15.2. The first-order valence-corrected chi connectivity index (χ1v) is 6.00. The first-order valence-electron chi connectivity index (χ1n) is 6.00. The number of hydrogen-bond acceptors (Lipinski definition) is 4. The topological polar surface area (TPSA) is 63.0 Å². The molecular formula is C15H10F2N2O2. The lowest BCUT2D eigenvalue weighted by Gasteiger charge is -2.09. The predicted molar refractivity (Wildman–Crippen MR) is 70.0 cm³/mol. The Morgan fingerprint density at radius 3 is 2.29 bits per heavy atom. The van der Waals surface area contributed by atoms with Gasteiger partial charge in [-0.2, -0.15) is 14.0 Å². The fourth-order valence-electron chi connectivity index (χ4n) is 1.81. The predicted octanol–water partition coefficient (Wildman–Crippen LogP) is 3.17. The maximum Gasteiger partial charge on any atom is 0.387 e. The van der Waals surface area contributed by atoms with Gasteiger partial charge >= 0.3 is 6.61 Å². The second kappa shape index (κ2) is 6.57. The third kappa shape index (κ3) is 3.60. The standard InChI is InChI=1S/C15H10F2N2O2/c16-15(17)21-12-3-1-11(2-4-12)14(20)13(9-18)10-5-7-19-8-6-10/h1-8,13,15H. The highest BCUT2D eigenvalue weighted by molar-refractivity contribution is 6.02. The summed E-state index contributed by atoms with van der Waals surface area (Å²) in [6.45, 7) is -2.92. The van der Waals surface area contributed by atoms with Crippen molar-refractivity contribution in [2.75, 3.05) is 0 Å². The van der Waals surface area contributed by atoms with Gasteiger partial charge in [-0.25, -0.2) is 0 Å². The summed E-state index contributed by atoms with van der Waals surface area (Å²) in [4.78, 5) is 16.1. The van der Waals surface area contributed by atoms with Crippen LogP contribution in [0.25, 0.3) is 0 Å². The fourth-order valence-corrected chi connectivity index (χ4v) is 1.81. The van der Waals surface area contributed by atoms with Crippen LogP contribution in [0.3, 0.4) is 0 Å². The molecule has 6 heteroatoms. The Morgan fingerprint density at radius 2 is 1.76 bits per heavy atom. The number of rotatable bonds is 5. The first-order chi connectivity index (χ1) is 10.1. The summed E-state index contributed by atoms with van der Waals surface area (Å²) < 4.78 is 28.3. The second-order valence-electron chi connectivity index (χ2n) is 4.11. The highest BCUT2D eigenvalue weighted by atomic mass is 19.3.